The normalized spacial score (nSPS) is 10.4. The Balaban J connectivity index is 2.15. The third-order valence-corrected chi connectivity index (χ3v) is 4.85. The summed E-state index contributed by atoms with van der Waals surface area (Å²) in [4.78, 5) is 26.6. The highest BCUT2D eigenvalue weighted by Crippen LogP contribution is 2.28. The van der Waals surface area contributed by atoms with Crippen LogP contribution in [0.15, 0.2) is 36.4 Å². The van der Waals surface area contributed by atoms with E-state index in [1.807, 2.05) is 44.2 Å². The SMILES string of the molecule is CCc1cccc(CC)c1N(CC(=O)NCc1ccc(OC)c(OC)c1)C(C)=O. The lowest BCUT2D eigenvalue weighted by atomic mass is 10.0. The molecular formula is C23H30N2O4. The number of ether oxygens (including phenoxy) is 2. The highest BCUT2D eigenvalue weighted by Gasteiger charge is 2.21. The maximum atomic E-state index is 12.6. The Kier molecular flexibility index (Phi) is 8.07. The third kappa shape index (κ3) is 5.50. The molecule has 1 N–H and O–H groups in total. The molecule has 2 aromatic carbocycles. The summed E-state index contributed by atoms with van der Waals surface area (Å²) in [5, 5.41) is 2.89. The number of nitrogens with zero attached hydrogens (tertiary/aromatic N) is 1. The molecule has 0 saturated heterocycles. The molecule has 2 amide bonds. The Morgan fingerprint density at radius 3 is 2.10 bits per heavy atom. The number of benzene rings is 2. The predicted octanol–water partition coefficient (Wildman–Crippen LogP) is 3.50. The molecule has 29 heavy (non-hydrogen) atoms. The molecule has 6 heteroatoms. The van der Waals surface area contributed by atoms with E-state index in [-0.39, 0.29) is 18.4 Å². The molecule has 2 aromatic rings. The van der Waals surface area contributed by atoms with Crippen LogP contribution in [-0.2, 0) is 29.0 Å². The Morgan fingerprint density at radius 1 is 0.966 bits per heavy atom. The summed E-state index contributed by atoms with van der Waals surface area (Å²) in [6.45, 7) is 5.91. The predicted molar refractivity (Wildman–Crippen MR) is 115 cm³/mol. The summed E-state index contributed by atoms with van der Waals surface area (Å²) >= 11 is 0. The zero-order valence-electron chi connectivity index (χ0n) is 17.9. The summed E-state index contributed by atoms with van der Waals surface area (Å²) < 4.78 is 10.5. The van der Waals surface area contributed by atoms with Crippen molar-refractivity contribution in [2.45, 2.75) is 40.2 Å². The second-order valence-electron chi connectivity index (χ2n) is 6.70. The van der Waals surface area contributed by atoms with E-state index in [2.05, 4.69) is 5.32 Å². The topological polar surface area (TPSA) is 67.9 Å². The number of para-hydroxylation sites is 1. The van der Waals surface area contributed by atoms with Crippen LogP contribution < -0.4 is 19.7 Å². The maximum absolute atomic E-state index is 12.6. The fourth-order valence-electron chi connectivity index (χ4n) is 3.30. The van der Waals surface area contributed by atoms with Crippen molar-refractivity contribution in [3.05, 3.63) is 53.1 Å². The van der Waals surface area contributed by atoms with Gasteiger partial charge < -0.3 is 19.7 Å². The Labute approximate surface area is 172 Å². The lowest BCUT2D eigenvalue weighted by molar-refractivity contribution is -0.123. The Morgan fingerprint density at radius 2 is 1.59 bits per heavy atom. The molecule has 0 aliphatic rings. The molecule has 0 saturated carbocycles. The summed E-state index contributed by atoms with van der Waals surface area (Å²) in [6, 6.07) is 11.5. The summed E-state index contributed by atoms with van der Waals surface area (Å²) in [7, 11) is 3.15. The zero-order valence-corrected chi connectivity index (χ0v) is 17.9. The van der Waals surface area contributed by atoms with Crippen molar-refractivity contribution in [2.75, 3.05) is 25.7 Å². The lowest BCUT2D eigenvalue weighted by Gasteiger charge is -2.26. The number of rotatable bonds is 9. The molecule has 2 rings (SSSR count). The number of carbonyl (C=O) groups is 2. The smallest absolute Gasteiger partial charge is 0.240 e. The minimum absolute atomic E-state index is 0.0212. The molecule has 0 bridgehead atoms. The number of aryl methyl sites for hydroxylation is 2. The Bertz CT molecular complexity index is 842. The second-order valence-corrected chi connectivity index (χ2v) is 6.70. The molecule has 0 unspecified atom stereocenters. The van der Waals surface area contributed by atoms with Gasteiger partial charge in [0.1, 0.15) is 6.54 Å². The van der Waals surface area contributed by atoms with Gasteiger partial charge >= 0.3 is 0 Å². The molecule has 6 nitrogen and oxygen atoms in total. The van der Waals surface area contributed by atoms with Gasteiger partial charge in [-0.15, -0.1) is 0 Å². The number of hydrogen-bond donors (Lipinski definition) is 1. The van der Waals surface area contributed by atoms with Gasteiger partial charge in [-0.25, -0.2) is 0 Å². The number of nitrogens with one attached hydrogen (secondary N) is 1. The van der Waals surface area contributed by atoms with Gasteiger partial charge in [0.15, 0.2) is 11.5 Å². The summed E-state index contributed by atoms with van der Waals surface area (Å²) in [5.74, 6) is 0.868. The molecule has 0 fully saturated rings. The van der Waals surface area contributed by atoms with E-state index >= 15 is 0 Å². The van der Waals surface area contributed by atoms with Crippen LogP contribution in [0.3, 0.4) is 0 Å². The van der Waals surface area contributed by atoms with Crippen LogP contribution in [-0.4, -0.2) is 32.6 Å². The van der Waals surface area contributed by atoms with Crippen LogP contribution in [0.1, 0.15) is 37.5 Å². The van der Waals surface area contributed by atoms with Crippen molar-refractivity contribution in [3.8, 4) is 11.5 Å². The molecule has 0 spiro atoms. The minimum Gasteiger partial charge on any atom is -0.493 e. The van der Waals surface area contributed by atoms with Crippen molar-refractivity contribution in [2.24, 2.45) is 0 Å². The van der Waals surface area contributed by atoms with E-state index < -0.39 is 0 Å². The summed E-state index contributed by atoms with van der Waals surface area (Å²) in [5.41, 5.74) is 3.86. The minimum atomic E-state index is -0.219. The molecule has 0 aliphatic carbocycles. The number of hydrogen-bond acceptors (Lipinski definition) is 4. The van der Waals surface area contributed by atoms with Crippen LogP contribution in [0.2, 0.25) is 0 Å². The highest BCUT2D eigenvalue weighted by molar-refractivity contribution is 5.98. The molecule has 0 aromatic heterocycles. The summed E-state index contributed by atoms with van der Waals surface area (Å²) in [6.07, 6.45) is 1.58. The molecule has 0 atom stereocenters. The van der Waals surface area contributed by atoms with Gasteiger partial charge in [-0.3, -0.25) is 9.59 Å². The number of methoxy groups -OCH3 is 2. The van der Waals surface area contributed by atoms with Gasteiger partial charge in [-0.2, -0.15) is 0 Å². The Hall–Kier alpha value is -3.02. The van der Waals surface area contributed by atoms with Crippen LogP contribution in [0.25, 0.3) is 0 Å². The first-order valence-electron chi connectivity index (χ1n) is 9.81. The fourth-order valence-corrected chi connectivity index (χ4v) is 3.30. The second kappa shape index (κ2) is 10.5. The van der Waals surface area contributed by atoms with Crippen LogP contribution in [0, 0.1) is 0 Å². The lowest BCUT2D eigenvalue weighted by Crippen LogP contribution is -2.40. The van der Waals surface area contributed by atoms with Crippen LogP contribution in [0.4, 0.5) is 5.69 Å². The van der Waals surface area contributed by atoms with Gasteiger partial charge in [-0.05, 0) is 41.7 Å². The van der Waals surface area contributed by atoms with Gasteiger partial charge in [0.2, 0.25) is 11.8 Å². The zero-order chi connectivity index (χ0) is 21.4. The average Bonchev–Trinajstić information content (AvgIpc) is 2.74. The van der Waals surface area contributed by atoms with Crippen LogP contribution >= 0.6 is 0 Å². The van der Waals surface area contributed by atoms with Crippen molar-refractivity contribution < 1.29 is 19.1 Å². The largest absolute Gasteiger partial charge is 0.493 e. The maximum Gasteiger partial charge on any atom is 0.240 e. The first-order valence-corrected chi connectivity index (χ1v) is 9.81. The molecule has 0 heterocycles. The molecule has 0 radical (unpaired) electrons. The first-order chi connectivity index (χ1) is 13.9. The van der Waals surface area contributed by atoms with E-state index in [0.717, 1.165) is 35.2 Å². The van der Waals surface area contributed by atoms with Crippen molar-refractivity contribution in [1.29, 1.82) is 0 Å². The average molecular weight is 399 g/mol. The van der Waals surface area contributed by atoms with E-state index in [1.54, 1.807) is 25.2 Å². The van der Waals surface area contributed by atoms with E-state index in [1.165, 1.54) is 6.92 Å². The third-order valence-electron chi connectivity index (χ3n) is 4.85. The van der Waals surface area contributed by atoms with Gasteiger partial charge in [0.25, 0.3) is 0 Å². The molecular weight excluding hydrogens is 368 g/mol. The quantitative estimate of drug-likeness (QED) is 0.702. The van der Waals surface area contributed by atoms with Gasteiger partial charge in [-0.1, -0.05) is 38.1 Å². The monoisotopic (exact) mass is 398 g/mol. The van der Waals surface area contributed by atoms with Crippen LogP contribution in [0.5, 0.6) is 11.5 Å². The molecule has 0 aliphatic heterocycles. The van der Waals surface area contributed by atoms with E-state index in [4.69, 9.17) is 9.47 Å². The van der Waals surface area contributed by atoms with E-state index in [0.29, 0.717) is 18.0 Å². The van der Waals surface area contributed by atoms with Gasteiger partial charge in [0, 0.05) is 13.5 Å². The number of carbonyl (C=O) groups excluding carboxylic acids is 2. The fraction of sp³-hybridized carbons (Fsp3) is 0.391. The number of amides is 2. The highest BCUT2D eigenvalue weighted by atomic mass is 16.5. The molecule has 156 valence electrons. The van der Waals surface area contributed by atoms with Crippen molar-refractivity contribution in [1.82, 2.24) is 5.32 Å². The standard InChI is InChI=1S/C23H30N2O4/c1-6-18-9-8-10-19(7-2)23(18)25(16(3)26)15-22(27)24-14-17-11-12-20(28-4)21(13-17)29-5/h8-13H,6-7,14-15H2,1-5H3,(H,24,27). The first kappa shape index (κ1) is 22.3. The van der Waals surface area contributed by atoms with Gasteiger partial charge in [0.05, 0.1) is 19.9 Å². The van der Waals surface area contributed by atoms with E-state index in [9.17, 15) is 9.59 Å². The van der Waals surface area contributed by atoms with Crippen molar-refractivity contribution >= 4 is 17.5 Å². The number of anilines is 1. The van der Waals surface area contributed by atoms with Crippen molar-refractivity contribution in [3.63, 3.8) is 0 Å².